The fourth-order valence-corrected chi connectivity index (χ4v) is 2.67. The van der Waals surface area contributed by atoms with Crippen molar-refractivity contribution >= 4 is 12.2 Å². The highest BCUT2D eigenvalue weighted by molar-refractivity contribution is 7.71. The van der Waals surface area contributed by atoms with Crippen LogP contribution >= 0.6 is 12.2 Å². The first-order valence-electron chi connectivity index (χ1n) is 6.84. The van der Waals surface area contributed by atoms with E-state index >= 15 is 0 Å². The summed E-state index contributed by atoms with van der Waals surface area (Å²) in [6.45, 7) is 16.6. The summed E-state index contributed by atoms with van der Waals surface area (Å²) in [6, 6.07) is 0.401. The molecule has 0 aliphatic heterocycles. The Kier molecular flexibility index (Phi) is 5.17. The molecule has 4 heteroatoms. The minimum Gasteiger partial charge on any atom is -0.337 e. The van der Waals surface area contributed by atoms with E-state index in [0.717, 1.165) is 24.4 Å². The van der Waals surface area contributed by atoms with Crippen LogP contribution in [0, 0.1) is 4.77 Å². The van der Waals surface area contributed by atoms with Crippen LogP contribution in [0.1, 0.15) is 53.3 Å². The van der Waals surface area contributed by atoms with Crippen molar-refractivity contribution in [3.05, 3.63) is 16.7 Å². The maximum Gasteiger partial charge on any atom is 0.177 e. The normalized spacial score (nSPS) is 14.2. The number of likely N-dealkylation sites (N-methyl/N-ethyl adjacent to an activating group) is 1. The molecule has 1 N–H and O–H groups in total. The van der Waals surface area contributed by atoms with Crippen molar-refractivity contribution in [2.45, 2.75) is 53.0 Å². The molecule has 104 valence electrons. The van der Waals surface area contributed by atoms with Gasteiger partial charge in [0.05, 0.1) is 0 Å². The molecule has 1 atom stereocenters. The molecule has 0 bridgehead atoms. The summed E-state index contributed by atoms with van der Waals surface area (Å²) in [4.78, 5) is 5.63. The number of aromatic amines is 1. The molecule has 1 aromatic heterocycles. The fourth-order valence-electron chi connectivity index (χ4n) is 2.33. The van der Waals surface area contributed by atoms with Gasteiger partial charge in [0.2, 0.25) is 0 Å². The Bertz CT molecular complexity index is 421. The zero-order chi connectivity index (χ0) is 13.9. The zero-order valence-electron chi connectivity index (χ0n) is 12.6. The third-order valence-corrected chi connectivity index (χ3v) is 3.75. The number of hydrogen-bond acceptors (Lipinski definition) is 2. The molecule has 0 saturated heterocycles. The molecule has 0 spiro atoms. The van der Waals surface area contributed by atoms with Gasteiger partial charge in [0.15, 0.2) is 4.77 Å². The molecule has 1 unspecified atom stereocenters. The molecule has 18 heavy (non-hydrogen) atoms. The van der Waals surface area contributed by atoms with Crippen molar-refractivity contribution in [1.29, 1.82) is 0 Å². The van der Waals surface area contributed by atoms with Gasteiger partial charge in [-0.1, -0.05) is 34.6 Å². The number of imidazole rings is 1. The van der Waals surface area contributed by atoms with Gasteiger partial charge in [-0.25, -0.2) is 0 Å². The van der Waals surface area contributed by atoms with Crippen LogP contribution < -0.4 is 0 Å². The van der Waals surface area contributed by atoms with Crippen molar-refractivity contribution in [1.82, 2.24) is 14.5 Å². The van der Waals surface area contributed by atoms with Crippen molar-refractivity contribution < 1.29 is 0 Å². The third kappa shape index (κ3) is 3.45. The predicted molar refractivity (Wildman–Crippen MR) is 80.8 cm³/mol. The lowest BCUT2D eigenvalue weighted by molar-refractivity contribution is 0.255. The Hall–Kier alpha value is -0.610. The Balaban J connectivity index is 3.02. The topological polar surface area (TPSA) is 24.0 Å². The Morgan fingerprint density at radius 1 is 1.33 bits per heavy atom. The maximum atomic E-state index is 5.43. The summed E-state index contributed by atoms with van der Waals surface area (Å²) in [5.74, 6) is 0. The highest BCUT2D eigenvalue weighted by atomic mass is 32.1. The molecule has 0 saturated carbocycles. The SMILES string of the molecule is CCN(CC)CC(C)n1c(C(C)(C)C)c[nH]c1=S. The van der Waals surface area contributed by atoms with Crippen LogP contribution in [0.2, 0.25) is 0 Å². The van der Waals surface area contributed by atoms with Gasteiger partial charge in [0.25, 0.3) is 0 Å². The van der Waals surface area contributed by atoms with Gasteiger partial charge in [-0.05, 0) is 32.2 Å². The molecular weight excluding hydrogens is 242 g/mol. The van der Waals surface area contributed by atoms with Crippen LogP contribution in [0.5, 0.6) is 0 Å². The van der Waals surface area contributed by atoms with Crippen LogP contribution in [0.3, 0.4) is 0 Å². The molecule has 0 aliphatic carbocycles. The van der Waals surface area contributed by atoms with E-state index in [1.54, 1.807) is 0 Å². The highest BCUT2D eigenvalue weighted by Crippen LogP contribution is 2.25. The number of nitrogens with one attached hydrogen (secondary N) is 1. The molecule has 0 fully saturated rings. The smallest absolute Gasteiger partial charge is 0.177 e. The lowest BCUT2D eigenvalue weighted by atomic mass is 9.92. The van der Waals surface area contributed by atoms with Gasteiger partial charge in [0, 0.05) is 29.9 Å². The number of aromatic nitrogens is 2. The van der Waals surface area contributed by atoms with E-state index in [2.05, 4.69) is 62.2 Å². The molecule has 1 heterocycles. The van der Waals surface area contributed by atoms with Crippen LogP contribution in [0.4, 0.5) is 0 Å². The second-order valence-corrected chi connectivity index (χ2v) is 6.32. The van der Waals surface area contributed by atoms with Gasteiger partial charge in [-0.2, -0.15) is 0 Å². The molecular formula is C14H27N3S. The molecule has 0 aliphatic rings. The molecule has 1 aromatic rings. The summed E-state index contributed by atoms with van der Waals surface area (Å²) in [6.07, 6.45) is 2.06. The van der Waals surface area contributed by atoms with Crippen molar-refractivity contribution in [2.75, 3.05) is 19.6 Å². The van der Waals surface area contributed by atoms with E-state index in [0.29, 0.717) is 6.04 Å². The molecule has 0 aromatic carbocycles. The fraction of sp³-hybridized carbons (Fsp3) is 0.786. The van der Waals surface area contributed by atoms with Gasteiger partial charge < -0.3 is 14.5 Å². The van der Waals surface area contributed by atoms with Gasteiger partial charge >= 0.3 is 0 Å². The number of hydrogen-bond donors (Lipinski definition) is 1. The second kappa shape index (κ2) is 6.02. The van der Waals surface area contributed by atoms with Crippen molar-refractivity contribution in [3.63, 3.8) is 0 Å². The first-order valence-corrected chi connectivity index (χ1v) is 7.24. The third-order valence-electron chi connectivity index (χ3n) is 3.44. The van der Waals surface area contributed by atoms with Gasteiger partial charge in [-0.15, -0.1) is 0 Å². The lowest BCUT2D eigenvalue weighted by Crippen LogP contribution is -2.31. The molecule has 1 rings (SSSR count). The average molecular weight is 269 g/mol. The van der Waals surface area contributed by atoms with Crippen LogP contribution in [0.25, 0.3) is 0 Å². The van der Waals surface area contributed by atoms with Crippen molar-refractivity contribution in [2.24, 2.45) is 0 Å². The van der Waals surface area contributed by atoms with Gasteiger partial charge in [-0.3, -0.25) is 0 Å². The quantitative estimate of drug-likeness (QED) is 0.823. The number of nitrogens with zero attached hydrogens (tertiary/aromatic N) is 2. The van der Waals surface area contributed by atoms with E-state index in [1.165, 1.54) is 5.69 Å². The number of rotatable bonds is 5. The van der Waals surface area contributed by atoms with Gasteiger partial charge in [0.1, 0.15) is 0 Å². The van der Waals surface area contributed by atoms with E-state index in [9.17, 15) is 0 Å². The van der Waals surface area contributed by atoms with Crippen molar-refractivity contribution in [3.8, 4) is 0 Å². The maximum absolute atomic E-state index is 5.43. The Morgan fingerprint density at radius 2 is 1.89 bits per heavy atom. The molecule has 0 radical (unpaired) electrons. The monoisotopic (exact) mass is 269 g/mol. The summed E-state index contributed by atoms with van der Waals surface area (Å²) >= 11 is 5.43. The van der Waals surface area contributed by atoms with E-state index in [1.807, 2.05) is 0 Å². The summed E-state index contributed by atoms with van der Waals surface area (Å²) in [5.41, 5.74) is 1.40. The minimum atomic E-state index is 0.116. The largest absolute Gasteiger partial charge is 0.337 e. The standard InChI is InChI=1S/C14H27N3S/c1-7-16(8-2)10-11(3)17-12(14(4,5)6)9-15-13(17)18/h9,11H,7-8,10H2,1-6H3,(H,15,18). The first kappa shape index (κ1) is 15.4. The van der Waals surface area contributed by atoms with Crippen LogP contribution in [-0.2, 0) is 5.41 Å². The van der Waals surface area contributed by atoms with E-state index < -0.39 is 0 Å². The summed E-state index contributed by atoms with van der Waals surface area (Å²) < 4.78 is 3.10. The van der Waals surface area contributed by atoms with Crippen LogP contribution in [-0.4, -0.2) is 34.1 Å². The average Bonchev–Trinajstić information content (AvgIpc) is 2.67. The summed E-state index contributed by atoms with van der Waals surface area (Å²) in [7, 11) is 0. The van der Waals surface area contributed by atoms with E-state index in [4.69, 9.17) is 12.2 Å². The van der Waals surface area contributed by atoms with E-state index in [-0.39, 0.29) is 5.41 Å². The van der Waals surface area contributed by atoms with Crippen LogP contribution in [0.15, 0.2) is 6.20 Å². The molecule has 0 amide bonds. The lowest BCUT2D eigenvalue weighted by Gasteiger charge is -2.28. The second-order valence-electron chi connectivity index (χ2n) is 5.93. The molecule has 3 nitrogen and oxygen atoms in total. The highest BCUT2D eigenvalue weighted by Gasteiger charge is 2.22. The number of H-pyrrole nitrogens is 1. The minimum absolute atomic E-state index is 0.116. The predicted octanol–water partition coefficient (Wildman–Crippen LogP) is 3.75. The Morgan fingerprint density at radius 3 is 2.33 bits per heavy atom. The zero-order valence-corrected chi connectivity index (χ0v) is 13.4. The summed E-state index contributed by atoms with van der Waals surface area (Å²) in [5, 5.41) is 0. The first-order chi connectivity index (χ1) is 8.31. The Labute approximate surface area is 116 Å².